The van der Waals surface area contributed by atoms with Crippen LogP contribution in [0.25, 0.3) is 0 Å². The number of rotatable bonds is 10. The van der Waals surface area contributed by atoms with Gasteiger partial charge in [-0.25, -0.2) is 0 Å². The first kappa shape index (κ1) is 23.5. The van der Waals surface area contributed by atoms with Crippen LogP contribution in [0.5, 0.6) is 0 Å². The lowest BCUT2D eigenvalue weighted by molar-refractivity contribution is -0.123. The smallest absolute Gasteiger partial charge is 0.251 e. The second-order valence-corrected chi connectivity index (χ2v) is 7.78. The van der Waals surface area contributed by atoms with Gasteiger partial charge in [-0.3, -0.25) is 9.59 Å². The van der Waals surface area contributed by atoms with Crippen LogP contribution in [0.3, 0.4) is 0 Å². The molecule has 2 amide bonds. The van der Waals surface area contributed by atoms with Crippen molar-refractivity contribution in [2.75, 3.05) is 6.61 Å². The molecule has 0 aliphatic rings. The molecule has 0 heterocycles. The van der Waals surface area contributed by atoms with Crippen LogP contribution in [-0.4, -0.2) is 24.5 Å². The highest BCUT2D eigenvalue weighted by Gasteiger charge is 2.22. The molecule has 32 heavy (non-hydrogen) atoms. The molecule has 2 N–H and O–H groups in total. The van der Waals surface area contributed by atoms with E-state index in [9.17, 15) is 9.59 Å². The molecule has 0 fully saturated rings. The molecular weight excluding hydrogens is 424 g/mol. The first-order valence-electron chi connectivity index (χ1n) is 10.6. The van der Waals surface area contributed by atoms with Crippen LogP contribution in [0.1, 0.15) is 34.0 Å². The van der Waals surface area contributed by atoms with E-state index in [-0.39, 0.29) is 11.8 Å². The number of hydrogen-bond donors (Lipinski definition) is 2. The van der Waals surface area contributed by atoms with Crippen molar-refractivity contribution in [2.24, 2.45) is 0 Å². The van der Waals surface area contributed by atoms with Gasteiger partial charge in [0.2, 0.25) is 5.91 Å². The second-order valence-electron chi connectivity index (χ2n) is 7.35. The van der Waals surface area contributed by atoms with Gasteiger partial charge in [0.15, 0.2) is 0 Å². The minimum atomic E-state index is -0.723. The number of hydrogen-bond acceptors (Lipinski definition) is 3. The van der Waals surface area contributed by atoms with Crippen molar-refractivity contribution in [2.45, 2.75) is 32.5 Å². The summed E-state index contributed by atoms with van der Waals surface area (Å²) in [6, 6.07) is 23.3. The lowest BCUT2D eigenvalue weighted by atomic mass is 10.0. The number of halogens is 1. The molecule has 1 unspecified atom stereocenters. The van der Waals surface area contributed by atoms with Crippen molar-refractivity contribution in [1.82, 2.24) is 10.6 Å². The van der Waals surface area contributed by atoms with Crippen molar-refractivity contribution < 1.29 is 14.3 Å². The fourth-order valence-electron chi connectivity index (χ4n) is 3.29. The van der Waals surface area contributed by atoms with Gasteiger partial charge in [-0.05, 0) is 47.9 Å². The highest BCUT2D eigenvalue weighted by molar-refractivity contribution is 6.30. The molecule has 0 saturated carbocycles. The number of amides is 2. The van der Waals surface area contributed by atoms with Crippen molar-refractivity contribution in [1.29, 1.82) is 0 Å². The van der Waals surface area contributed by atoms with Crippen molar-refractivity contribution in [3.8, 4) is 0 Å². The molecule has 6 heteroatoms. The molecule has 0 aromatic heterocycles. The van der Waals surface area contributed by atoms with Gasteiger partial charge in [0.25, 0.3) is 5.91 Å². The monoisotopic (exact) mass is 450 g/mol. The third kappa shape index (κ3) is 6.94. The Morgan fingerprint density at radius 3 is 2.25 bits per heavy atom. The molecule has 5 nitrogen and oxygen atoms in total. The van der Waals surface area contributed by atoms with Gasteiger partial charge in [-0.1, -0.05) is 66.2 Å². The van der Waals surface area contributed by atoms with Crippen LogP contribution in [-0.2, 0) is 29.1 Å². The minimum Gasteiger partial charge on any atom is -0.377 e. The SMILES string of the molecule is CCOCc1ccccc1CNC(=O)C(Cc1ccccc1)NC(=O)c1ccc(Cl)cc1. The van der Waals surface area contributed by atoms with Crippen LogP contribution in [0.15, 0.2) is 78.9 Å². The van der Waals surface area contributed by atoms with Gasteiger partial charge in [0, 0.05) is 30.2 Å². The molecule has 0 saturated heterocycles. The summed E-state index contributed by atoms with van der Waals surface area (Å²) < 4.78 is 5.52. The second kappa shape index (κ2) is 12.0. The summed E-state index contributed by atoms with van der Waals surface area (Å²) in [5.41, 5.74) is 3.42. The zero-order valence-electron chi connectivity index (χ0n) is 18.0. The summed E-state index contributed by atoms with van der Waals surface area (Å²) in [4.78, 5) is 25.8. The minimum absolute atomic E-state index is 0.248. The zero-order chi connectivity index (χ0) is 22.8. The fourth-order valence-corrected chi connectivity index (χ4v) is 3.42. The molecule has 3 rings (SSSR count). The van der Waals surface area contributed by atoms with Gasteiger partial charge in [-0.15, -0.1) is 0 Å². The Morgan fingerprint density at radius 1 is 0.906 bits per heavy atom. The fraction of sp³-hybridized carbons (Fsp3) is 0.231. The summed E-state index contributed by atoms with van der Waals surface area (Å²) in [7, 11) is 0. The van der Waals surface area contributed by atoms with Crippen LogP contribution >= 0.6 is 11.6 Å². The molecule has 0 aliphatic heterocycles. The molecule has 0 radical (unpaired) electrons. The summed E-state index contributed by atoms with van der Waals surface area (Å²) in [5, 5.41) is 6.39. The van der Waals surface area contributed by atoms with Crippen LogP contribution < -0.4 is 10.6 Å². The Labute approximate surface area is 193 Å². The van der Waals surface area contributed by atoms with Gasteiger partial charge in [0.1, 0.15) is 6.04 Å². The summed E-state index contributed by atoms with van der Waals surface area (Å²) in [6.07, 6.45) is 0.382. The van der Waals surface area contributed by atoms with Gasteiger partial charge >= 0.3 is 0 Å². The number of carbonyl (C=O) groups excluding carboxylic acids is 2. The predicted molar refractivity (Wildman–Crippen MR) is 126 cm³/mol. The number of ether oxygens (including phenoxy) is 1. The van der Waals surface area contributed by atoms with E-state index in [0.29, 0.717) is 36.8 Å². The van der Waals surface area contributed by atoms with E-state index in [4.69, 9.17) is 16.3 Å². The number of carbonyl (C=O) groups is 2. The summed E-state index contributed by atoms with van der Waals surface area (Å²) in [5.74, 6) is -0.572. The molecule has 3 aromatic carbocycles. The third-order valence-corrected chi connectivity index (χ3v) is 5.30. The predicted octanol–water partition coefficient (Wildman–Crippen LogP) is 4.53. The van der Waals surface area contributed by atoms with Crippen molar-refractivity contribution >= 4 is 23.4 Å². The molecule has 166 valence electrons. The quantitative estimate of drug-likeness (QED) is 0.476. The third-order valence-electron chi connectivity index (χ3n) is 5.04. The molecule has 1 atom stereocenters. The van der Waals surface area contributed by atoms with Crippen LogP contribution in [0.4, 0.5) is 0 Å². The Morgan fingerprint density at radius 2 is 1.56 bits per heavy atom. The average Bonchev–Trinajstić information content (AvgIpc) is 2.82. The average molecular weight is 451 g/mol. The Balaban J connectivity index is 1.71. The Hall–Kier alpha value is -3.15. The van der Waals surface area contributed by atoms with Gasteiger partial charge in [-0.2, -0.15) is 0 Å². The standard InChI is InChI=1S/C26H27ClN2O3/c1-2-32-18-22-11-7-6-10-21(22)17-28-26(31)24(16-19-8-4-3-5-9-19)29-25(30)20-12-14-23(27)15-13-20/h3-15,24H,2,16-18H2,1H3,(H,28,31)(H,29,30). The van der Waals surface area contributed by atoms with Gasteiger partial charge < -0.3 is 15.4 Å². The zero-order valence-corrected chi connectivity index (χ0v) is 18.8. The van der Waals surface area contributed by atoms with E-state index in [0.717, 1.165) is 16.7 Å². The lowest BCUT2D eigenvalue weighted by Crippen LogP contribution is -2.47. The molecule has 0 aliphatic carbocycles. The maximum atomic E-state index is 13.1. The van der Waals surface area contributed by atoms with E-state index in [1.807, 2.05) is 61.5 Å². The van der Waals surface area contributed by atoms with E-state index < -0.39 is 6.04 Å². The first-order chi connectivity index (χ1) is 15.6. The molecule has 0 spiro atoms. The van der Waals surface area contributed by atoms with Crippen LogP contribution in [0.2, 0.25) is 5.02 Å². The normalized spacial score (nSPS) is 11.6. The highest BCUT2D eigenvalue weighted by atomic mass is 35.5. The summed E-state index contributed by atoms with van der Waals surface area (Å²) in [6.45, 7) is 3.41. The van der Waals surface area contributed by atoms with Crippen LogP contribution in [0, 0.1) is 0 Å². The maximum absolute atomic E-state index is 13.1. The Kier molecular flexibility index (Phi) is 8.84. The van der Waals surface area contributed by atoms with E-state index in [1.54, 1.807) is 24.3 Å². The molecular formula is C26H27ClN2O3. The van der Waals surface area contributed by atoms with E-state index in [2.05, 4.69) is 10.6 Å². The number of nitrogens with one attached hydrogen (secondary N) is 2. The summed E-state index contributed by atoms with van der Waals surface area (Å²) >= 11 is 5.92. The van der Waals surface area contributed by atoms with Crippen molar-refractivity contribution in [3.05, 3.63) is 106 Å². The number of benzene rings is 3. The maximum Gasteiger partial charge on any atom is 0.251 e. The Bertz CT molecular complexity index is 1020. The van der Waals surface area contributed by atoms with Crippen molar-refractivity contribution in [3.63, 3.8) is 0 Å². The first-order valence-corrected chi connectivity index (χ1v) is 11.0. The molecule has 3 aromatic rings. The largest absolute Gasteiger partial charge is 0.377 e. The van der Waals surface area contributed by atoms with Gasteiger partial charge in [0.05, 0.1) is 6.61 Å². The van der Waals surface area contributed by atoms with E-state index >= 15 is 0 Å². The molecule has 0 bridgehead atoms. The highest BCUT2D eigenvalue weighted by Crippen LogP contribution is 2.12. The van der Waals surface area contributed by atoms with E-state index in [1.165, 1.54) is 0 Å². The topological polar surface area (TPSA) is 67.4 Å². The lowest BCUT2D eigenvalue weighted by Gasteiger charge is -2.19.